The van der Waals surface area contributed by atoms with E-state index in [-0.39, 0.29) is 22.8 Å². The Kier molecular flexibility index (Phi) is 6.46. The summed E-state index contributed by atoms with van der Waals surface area (Å²) in [5.41, 5.74) is 5.59. The summed E-state index contributed by atoms with van der Waals surface area (Å²) in [6, 6.07) is 9.88. The number of carbonyl (C=O) groups is 3. The molecule has 6 N–H and O–H groups in total. The summed E-state index contributed by atoms with van der Waals surface area (Å²) in [7, 11) is 0. The number of hydrogen-bond acceptors (Lipinski definition) is 8. The molecule has 0 unspecified atom stereocenters. The summed E-state index contributed by atoms with van der Waals surface area (Å²) in [6.45, 7) is 0.878. The molecule has 1 fully saturated rings. The highest BCUT2D eigenvalue weighted by atomic mass is 19.1. The molecule has 0 spiro atoms. The van der Waals surface area contributed by atoms with E-state index in [1.807, 2.05) is 0 Å². The zero-order chi connectivity index (χ0) is 24.2. The van der Waals surface area contributed by atoms with E-state index in [1.165, 1.54) is 48.7 Å². The van der Waals surface area contributed by atoms with Gasteiger partial charge in [-0.3, -0.25) is 14.4 Å². The van der Waals surface area contributed by atoms with Crippen LogP contribution in [0, 0.1) is 5.82 Å². The van der Waals surface area contributed by atoms with Crippen LogP contribution in [-0.4, -0.2) is 57.8 Å². The zero-order valence-corrected chi connectivity index (χ0v) is 17.8. The van der Waals surface area contributed by atoms with E-state index >= 15 is 0 Å². The van der Waals surface area contributed by atoms with Crippen LogP contribution in [0.25, 0.3) is 0 Å². The van der Waals surface area contributed by atoms with E-state index < -0.39 is 46.8 Å². The second-order valence-corrected chi connectivity index (χ2v) is 7.66. The summed E-state index contributed by atoms with van der Waals surface area (Å²) in [5.74, 6) is -2.87. The topological polar surface area (TPSA) is 159 Å². The van der Waals surface area contributed by atoms with Gasteiger partial charge in [0.15, 0.2) is 5.78 Å². The number of nitrogens with one attached hydrogen (secondary N) is 3. The van der Waals surface area contributed by atoms with E-state index in [0.717, 1.165) is 6.07 Å². The van der Waals surface area contributed by atoms with Gasteiger partial charge in [-0.05, 0) is 30.3 Å². The lowest BCUT2D eigenvalue weighted by molar-refractivity contribution is 0.0894. The molecule has 3 aromatic rings. The lowest BCUT2D eigenvalue weighted by atomic mass is 10.0. The Morgan fingerprint density at radius 3 is 2.26 bits per heavy atom. The van der Waals surface area contributed by atoms with Crippen molar-refractivity contribution in [3.8, 4) is 5.75 Å². The molecule has 0 radical (unpaired) electrons. The smallest absolute Gasteiger partial charge is 0.270 e. The number of anilines is 1. The van der Waals surface area contributed by atoms with Gasteiger partial charge in [0.1, 0.15) is 17.3 Å². The van der Waals surface area contributed by atoms with Crippen molar-refractivity contribution in [1.82, 2.24) is 25.9 Å². The third-order valence-electron chi connectivity index (χ3n) is 5.38. The fraction of sp³-hybridized carbons (Fsp3) is 0.174. The molecule has 1 saturated heterocycles. The molecule has 1 aliphatic heterocycles. The Labute approximate surface area is 193 Å². The van der Waals surface area contributed by atoms with Crippen molar-refractivity contribution in [1.29, 1.82) is 0 Å². The molecule has 2 atom stereocenters. The van der Waals surface area contributed by atoms with E-state index in [1.54, 1.807) is 0 Å². The van der Waals surface area contributed by atoms with E-state index in [9.17, 15) is 23.9 Å². The van der Waals surface area contributed by atoms with Gasteiger partial charge in [0.25, 0.3) is 11.8 Å². The van der Waals surface area contributed by atoms with Gasteiger partial charge >= 0.3 is 0 Å². The molecule has 0 bridgehead atoms. The van der Waals surface area contributed by atoms with Crippen LogP contribution in [0.2, 0.25) is 0 Å². The lowest BCUT2D eigenvalue weighted by Gasteiger charge is -2.21. The Balaban J connectivity index is 1.41. The van der Waals surface area contributed by atoms with Crippen LogP contribution in [0.4, 0.5) is 10.3 Å². The average Bonchev–Trinajstić information content (AvgIpc) is 3.25. The molecule has 1 aromatic heterocycles. The number of nitrogens with zero attached hydrogens (tertiary/aromatic N) is 2. The fourth-order valence-electron chi connectivity index (χ4n) is 3.63. The number of aromatic nitrogens is 2. The number of nitrogens with two attached hydrogens (primary N) is 1. The molecular weight excluding hydrogens is 443 g/mol. The number of phenolic OH excluding ortho intramolecular Hbond substituents is 1. The van der Waals surface area contributed by atoms with Crippen molar-refractivity contribution in [3.05, 3.63) is 82.9 Å². The molecule has 174 valence electrons. The maximum Gasteiger partial charge on any atom is 0.270 e. The van der Waals surface area contributed by atoms with Crippen molar-refractivity contribution in [3.63, 3.8) is 0 Å². The van der Waals surface area contributed by atoms with Crippen molar-refractivity contribution in [2.45, 2.75) is 12.1 Å². The first-order valence-electron chi connectivity index (χ1n) is 10.4. The molecule has 11 heteroatoms. The van der Waals surface area contributed by atoms with E-state index in [0.29, 0.717) is 13.1 Å². The summed E-state index contributed by atoms with van der Waals surface area (Å²) >= 11 is 0. The second kappa shape index (κ2) is 9.63. The Morgan fingerprint density at radius 2 is 1.62 bits per heavy atom. The normalized spacial score (nSPS) is 17.2. The molecule has 2 amide bonds. The maximum atomic E-state index is 14.0. The molecule has 34 heavy (non-hydrogen) atoms. The van der Waals surface area contributed by atoms with Gasteiger partial charge in [0, 0.05) is 30.4 Å². The molecule has 4 rings (SSSR count). The molecule has 1 aliphatic rings. The maximum absolute atomic E-state index is 14.0. The summed E-state index contributed by atoms with van der Waals surface area (Å²) in [5, 5.41) is 18.6. The monoisotopic (exact) mass is 464 g/mol. The minimum atomic E-state index is -0.835. The van der Waals surface area contributed by atoms with Gasteiger partial charge < -0.3 is 26.8 Å². The summed E-state index contributed by atoms with van der Waals surface area (Å²) in [6.07, 6.45) is 1.38. The third kappa shape index (κ3) is 4.84. The third-order valence-corrected chi connectivity index (χ3v) is 5.38. The molecule has 0 saturated carbocycles. The highest BCUT2D eigenvalue weighted by Gasteiger charge is 2.30. The Morgan fingerprint density at radius 1 is 0.971 bits per heavy atom. The van der Waals surface area contributed by atoms with Gasteiger partial charge in [-0.15, -0.1) is 0 Å². The number of nitrogen functional groups attached to an aromatic ring is 1. The first kappa shape index (κ1) is 22.8. The van der Waals surface area contributed by atoms with Crippen LogP contribution in [0.1, 0.15) is 36.8 Å². The van der Waals surface area contributed by atoms with Gasteiger partial charge in [-0.2, -0.15) is 0 Å². The van der Waals surface area contributed by atoms with Crippen molar-refractivity contribution < 1.29 is 23.9 Å². The van der Waals surface area contributed by atoms with Crippen LogP contribution in [-0.2, 0) is 0 Å². The van der Waals surface area contributed by atoms with E-state index in [4.69, 9.17) is 5.73 Å². The number of halogens is 1. The molecular formula is C23H21FN6O4. The zero-order valence-electron chi connectivity index (χ0n) is 17.8. The average molecular weight is 464 g/mol. The number of amides is 2. The molecule has 2 aromatic carbocycles. The van der Waals surface area contributed by atoms with Gasteiger partial charge in [0.2, 0.25) is 5.95 Å². The Hall–Kier alpha value is -4.38. The predicted molar refractivity (Wildman–Crippen MR) is 120 cm³/mol. The van der Waals surface area contributed by atoms with Crippen LogP contribution in [0.5, 0.6) is 5.75 Å². The second-order valence-electron chi connectivity index (χ2n) is 7.66. The number of benzene rings is 2. The van der Waals surface area contributed by atoms with Gasteiger partial charge in [-0.25, -0.2) is 14.4 Å². The SMILES string of the molecule is Nc1nccc(C(=O)N[C@@H]2CNC[C@H]2NC(=O)c2ccc(C(=O)c3c(O)cccc3F)cc2)n1. The number of rotatable bonds is 6. The quantitative estimate of drug-likeness (QED) is 0.332. The minimum absolute atomic E-state index is 0.0193. The highest BCUT2D eigenvalue weighted by molar-refractivity contribution is 6.11. The molecule has 2 heterocycles. The lowest BCUT2D eigenvalue weighted by Crippen LogP contribution is -2.51. The Bertz CT molecular complexity index is 1230. The molecule has 10 nitrogen and oxygen atoms in total. The van der Waals surface area contributed by atoms with Crippen LogP contribution in [0.15, 0.2) is 54.7 Å². The minimum Gasteiger partial charge on any atom is -0.507 e. The van der Waals surface area contributed by atoms with Crippen LogP contribution >= 0.6 is 0 Å². The van der Waals surface area contributed by atoms with Gasteiger partial charge in [0.05, 0.1) is 17.6 Å². The van der Waals surface area contributed by atoms with Crippen molar-refractivity contribution >= 4 is 23.5 Å². The molecule has 0 aliphatic carbocycles. The largest absolute Gasteiger partial charge is 0.507 e. The van der Waals surface area contributed by atoms with Crippen molar-refractivity contribution in [2.24, 2.45) is 0 Å². The van der Waals surface area contributed by atoms with E-state index in [2.05, 4.69) is 25.9 Å². The summed E-state index contributed by atoms with van der Waals surface area (Å²) < 4.78 is 14.0. The fourth-order valence-corrected chi connectivity index (χ4v) is 3.63. The number of aromatic hydroxyl groups is 1. The number of carbonyl (C=O) groups excluding carboxylic acids is 3. The number of ketones is 1. The number of phenols is 1. The highest BCUT2D eigenvalue weighted by Crippen LogP contribution is 2.23. The predicted octanol–water partition coefficient (Wildman–Crippen LogP) is 0.635. The number of hydrogen-bond donors (Lipinski definition) is 5. The standard InChI is InChI=1S/C23H21FN6O4/c24-14-2-1-3-18(31)19(14)20(32)12-4-6-13(7-5-12)21(33)28-16-10-26-11-17(16)29-22(34)15-8-9-27-23(25)30-15/h1-9,16-17,26,31H,10-11H2,(H,28,33)(H,29,34)(H2,25,27,30)/t16-,17-/m1/s1. The van der Waals surface area contributed by atoms with Crippen LogP contribution < -0.4 is 21.7 Å². The first-order valence-corrected chi connectivity index (χ1v) is 10.4. The van der Waals surface area contributed by atoms with Gasteiger partial charge in [-0.1, -0.05) is 18.2 Å². The first-order chi connectivity index (χ1) is 16.3. The van der Waals surface area contributed by atoms with Crippen molar-refractivity contribution in [2.75, 3.05) is 18.8 Å². The summed E-state index contributed by atoms with van der Waals surface area (Å²) in [4.78, 5) is 45.4. The van der Waals surface area contributed by atoms with Crippen LogP contribution in [0.3, 0.4) is 0 Å².